The van der Waals surface area contributed by atoms with Crippen molar-refractivity contribution >= 4 is 6.09 Å². The van der Waals surface area contributed by atoms with Gasteiger partial charge >= 0.3 is 6.09 Å². The topological polar surface area (TPSA) is 71.7 Å². The molecule has 0 spiro atoms. The Labute approximate surface area is 179 Å². The fraction of sp³-hybridized carbons (Fsp3) is 0.609. The minimum Gasteiger partial charge on any atom is -0.444 e. The lowest BCUT2D eigenvalue weighted by atomic mass is 9.96. The van der Waals surface area contributed by atoms with Crippen molar-refractivity contribution in [3.8, 4) is 11.5 Å². The molecule has 0 aliphatic carbocycles. The van der Waals surface area contributed by atoms with Crippen LogP contribution in [0.1, 0.15) is 58.0 Å². The van der Waals surface area contributed by atoms with Crippen molar-refractivity contribution in [2.24, 2.45) is 5.92 Å². The molecule has 0 radical (unpaired) electrons. The third-order valence-corrected chi connectivity index (χ3v) is 5.43. The number of aromatic nitrogens is 2. The molecule has 30 heavy (non-hydrogen) atoms. The van der Waals surface area contributed by atoms with Gasteiger partial charge in [-0.1, -0.05) is 17.7 Å². The minimum absolute atomic E-state index is 0.0336. The van der Waals surface area contributed by atoms with Crippen LogP contribution >= 0.6 is 0 Å². The van der Waals surface area contributed by atoms with Crippen molar-refractivity contribution in [2.75, 3.05) is 26.7 Å². The molecule has 7 heteroatoms. The second-order valence-electron chi connectivity index (χ2n) is 9.35. The molecule has 1 fully saturated rings. The molecular weight excluding hydrogens is 380 g/mol. The van der Waals surface area contributed by atoms with Gasteiger partial charge in [0.2, 0.25) is 11.8 Å². The van der Waals surface area contributed by atoms with Crippen molar-refractivity contribution < 1.29 is 13.9 Å². The van der Waals surface area contributed by atoms with Crippen LogP contribution in [0.3, 0.4) is 0 Å². The summed E-state index contributed by atoms with van der Waals surface area (Å²) >= 11 is 0. The van der Waals surface area contributed by atoms with Gasteiger partial charge in [-0.25, -0.2) is 4.79 Å². The molecule has 1 aliphatic heterocycles. The van der Waals surface area contributed by atoms with E-state index in [1.807, 2.05) is 52.1 Å². The summed E-state index contributed by atoms with van der Waals surface area (Å²) in [5.74, 6) is 1.57. The van der Waals surface area contributed by atoms with E-state index in [0.717, 1.165) is 31.5 Å². The summed E-state index contributed by atoms with van der Waals surface area (Å²) in [5, 5.41) is 8.55. The molecule has 2 aromatic rings. The maximum absolute atomic E-state index is 12.3. The lowest BCUT2D eigenvalue weighted by Crippen LogP contribution is -2.43. The molecule has 3 rings (SSSR count). The van der Waals surface area contributed by atoms with E-state index in [1.54, 1.807) is 4.90 Å². The Bertz CT molecular complexity index is 841. The molecule has 164 valence electrons. The van der Waals surface area contributed by atoms with Crippen molar-refractivity contribution in [2.45, 2.75) is 59.1 Å². The second kappa shape index (κ2) is 9.16. The third-order valence-electron chi connectivity index (χ3n) is 5.43. The Morgan fingerprint density at radius 1 is 1.30 bits per heavy atom. The number of amides is 1. The molecule has 1 aromatic heterocycles. The molecule has 0 saturated carbocycles. The van der Waals surface area contributed by atoms with E-state index >= 15 is 0 Å². The smallest absolute Gasteiger partial charge is 0.410 e. The molecule has 7 nitrogen and oxygen atoms in total. The highest BCUT2D eigenvalue weighted by atomic mass is 16.6. The summed E-state index contributed by atoms with van der Waals surface area (Å²) in [6.07, 6.45) is 1.90. The lowest BCUT2D eigenvalue weighted by molar-refractivity contribution is 0.0226. The number of benzene rings is 1. The first kappa shape index (κ1) is 22.3. The second-order valence-corrected chi connectivity index (χ2v) is 9.35. The summed E-state index contributed by atoms with van der Waals surface area (Å²) in [7, 11) is 1.81. The summed E-state index contributed by atoms with van der Waals surface area (Å²) < 4.78 is 11.5. The quantitative estimate of drug-likeness (QED) is 0.707. The third kappa shape index (κ3) is 5.81. The highest BCUT2D eigenvalue weighted by Gasteiger charge is 2.29. The molecule has 1 amide bonds. The van der Waals surface area contributed by atoms with Crippen LogP contribution in [0, 0.1) is 12.8 Å². The summed E-state index contributed by atoms with van der Waals surface area (Å²) in [4.78, 5) is 16.3. The molecule has 0 bridgehead atoms. The zero-order chi connectivity index (χ0) is 21.9. The number of hydrogen-bond acceptors (Lipinski definition) is 6. The molecule has 2 unspecified atom stereocenters. The first-order valence-electron chi connectivity index (χ1n) is 10.7. The molecule has 2 heterocycles. The van der Waals surface area contributed by atoms with Gasteiger partial charge in [-0.2, -0.15) is 0 Å². The first-order valence-corrected chi connectivity index (χ1v) is 10.7. The van der Waals surface area contributed by atoms with Crippen LogP contribution in [0.25, 0.3) is 11.5 Å². The van der Waals surface area contributed by atoms with Crippen molar-refractivity contribution in [1.29, 1.82) is 0 Å². The van der Waals surface area contributed by atoms with Gasteiger partial charge < -0.3 is 14.1 Å². The van der Waals surface area contributed by atoms with Crippen LogP contribution < -0.4 is 0 Å². The predicted molar refractivity (Wildman–Crippen MR) is 116 cm³/mol. The zero-order valence-electron chi connectivity index (χ0n) is 19.0. The van der Waals surface area contributed by atoms with Crippen molar-refractivity contribution in [1.82, 2.24) is 20.0 Å². The molecule has 0 N–H and O–H groups in total. The van der Waals surface area contributed by atoms with Gasteiger partial charge in [0.25, 0.3) is 0 Å². The lowest BCUT2D eigenvalue weighted by Gasteiger charge is -2.37. The van der Waals surface area contributed by atoms with Crippen LogP contribution in [0.5, 0.6) is 0 Å². The van der Waals surface area contributed by atoms with E-state index in [9.17, 15) is 4.79 Å². The number of ether oxygens (including phenoxy) is 1. The number of hydrogen-bond donors (Lipinski definition) is 0. The monoisotopic (exact) mass is 414 g/mol. The number of nitrogens with zero attached hydrogens (tertiary/aromatic N) is 4. The number of carbonyl (C=O) groups excluding carboxylic acids is 1. The normalized spacial score (nSPS) is 18.8. The first-order chi connectivity index (χ1) is 14.1. The molecule has 1 saturated heterocycles. The fourth-order valence-corrected chi connectivity index (χ4v) is 3.77. The summed E-state index contributed by atoms with van der Waals surface area (Å²) in [6, 6.07) is 8.12. The zero-order valence-corrected chi connectivity index (χ0v) is 19.0. The van der Waals surface area contributed by atoms with E-state index in [1.165, 1.54) is 5.56 Å². The number of piperidine rings is 1. The number of likely N-dealkylation sites (tertiary alicyclic amines) is 1. The Morgan fingerprint density at radius 3 is 2.67 bits per heavy atom. The van der Waals surface area contributed by atoms with Gasteiger partial charge in [0.05, 0.1) is 6.04 Å². The van der Waals surface area contributed by atoms with E-state index in [0.29, 0.717) is 24.2 Å². The minimum atomic E-state index is -0.481. The molecule has 1 aliphatic rings. The van der Waals surface area contributed by atoms with Crippen LogP contribution in [-0.4, -0.2) is 58.4 Å². The number of carbonyl (C=O) groups is 1. The van der Waals surface area contributed by atoms with E-state index in [2.05, 4.69) is 28.9 Å². The van der Waals surface area contributed by atoms with E-state index < -0.39 is 5.60 Å². The van der Waals surface area contributed by atoms with Gasteiger partial charge in [-0.15, -0.1) is 10.2 Å². The van der Waals surface area contributed by atoms with E-state index in [4.69, 9.17) is 9.15 Å². The highest BCUT2D eigenvalue weighted by molar-refractivity contribution is 5.67. The Balaban J connectivity index is 1.60. The maximum atomic E-state index is 12.3. The SMILES string of the molecule is Cc1ccc(-c2nnc(C(C)N3CCCC(CN(C)C(=O)OC(C)(C)C)C3)o2)cc1. The molecule has 1 aromatic carbocycles. The number of aryl methyl sites for hydroxylation is 1. The van der Waals surface area contributed by atoms with Crippen molar-refractivity contribution in [3.63, 3.8) is 0 Å². The Hall–Kier alpha value is -2.41. The summed E-state index contributed by atoms with van der Waals surface area (Å²) in [6.45, 7) is 12.4. The van der Waals surface area contributed by atoms with Gasteiger partial charge in [-0.3, -0.25) is 4.90 Å². The van der Waals surface area contributed by atoms with Gasteiger partial charge in [-0.05, 0) is 72.1 Å². The average molecular weight is 415 g/mol. The fourth-order valence-electron chi connectivity index (χ4n) is 3.77. The summed E-state index contributed by atoms with van der Waals surface area (Å²) in [5.41, 5.74) is 1.65. The Morgan fingerprint density at radius 2 is 2.00 bits per heavy atom. The van der Waals surface area contributed by atoms with E-state index in [-0.39, 0.29) is 12.1 Å². The predicted octanol–water partition coefficient (Wildman–Crippen LogP) is 4.68. The van der Waals surface area contributed by atoms with Crippen LogP contribution in [-0.2, 0) is 4.74 Å². The maximum Gasteiger partial charge on any atom is 0.410 e. The van der Waals surface area contributed by atoms with Gasteiger partial charge in [0.1, 0.15) is 5.60 Å². The van der Waals surface area contributed by atoms with Crippen LogP contribution in [0.4, 0.5) is 4.79 Å². The largest absolute Gasteiger partial charge is 0.444 e. The van der Waals surface area contributed by atoms with Crippen LogP contribution in [0.15, 0.2) is 28.7 Å². The Kier molecular flexibility index (Phi) is 6.81. The van der Waals surface area contributed by atoms with Gasteiger partial charge in [0, 0.05) is 25.7 Å². The molecule has 2 atom stereocenters. The standard InChI is InChI=1S/C23H34N4O3/c1-16-9-11-19(12-10-16)21-25-24-20(29-21)17(2)27-13-7-8-18(15-27)14-26(6)22(28)30-23(3,4)5/h9-12,17-18H,7-8,13-15H2,1-6H3. The van der Waals surface area contributed by atoms with Crippen LogP contribution in [0.2, 0.25) is 0 Å². The highest BCUT2D eigenvalue weighted by Crippen LogP contribution is 2.28. The van der Waals surface area contributed by atoms with Crippen molar-refractivity contribution in [3.05, 3.63) is 35.7 Å². The average Bonchev–Trinajstić information content (AvgIpc) is 3.17. The molecular formula is C23H34N4O3. The number of rotatable bonds is 5. The van der Waals surface area contributed by atoms with Gasteiger partial charge in [0.15, 0.2) is 0 Å².